The van der Waals surface area contributed by atoms with Crippen LogP contribution in [-0.2, 0) is 22.6 Å². The zero-order valence-corrected chi connectivity index (χ0v) is 17.9. The van der Waals surface area contributed by atoms with Crippen LogP contribution in [0.15, 0.2) is 66.7 Å². The first-order valence-electron chi connectivity index (χ1n) is 11.2. The van der Waals surface area contributed by atoms with E-state index < -0.39 is 0 Å². The summed E-state index contributed by atoms with van der Waals surface area (Å²) in [6.07, 6.45) is 2.53. The van der Waals surface area contributed by atoms with E-state index in [-0.39, 0.29) is 17.9 Å². The number of H-pyrrole nitrogens is 2. The Morgan fingerprint density at radius 1 is 1.03 bits per heavy atom. The number of hydrogen-bond acceptors (Lipinski definition) is 2. The van der Waals surface area contributed by atoms with E-state index in [1.807, 2.05) is 48.5 Å². The molecule has 1 saturated heterocycles. The summed E-state index contributed by atoms with van der Waals surface area (Å²) >= 11 is 0. The number of nitrogens with one attached hydrogen (secondary N) is 3. The van der Waals surface area contributed by atoms with Crippen LogP contribution in [0.5, 0.6) is 0 Å². The van der Waals surface area contributed by atoms with Gasteiger partial charge >= 0.3 is 0 Å². The Morgan fingerprint density at radius 3 is 2.75 bits per heavy atom. The molecule has 0 aliphatic carbocycles. The van der Waals surface area contributed by atoms with Crippen molar-refractivity contribution < 1.29 is 14.6 Å². The summed E-state index contributed by atoms with van der Waals surface area (Å²) in [5.74, 6) is 0.886. The first kappa shape index (κ1) is 20.2. The van der Waals surface area contributed by atoms with Crippen LogP contribution in [0.3, 0.4) is 0 Å². The molecule has 3 aromatic carbocycles. The van der Waals surface area contributed by atoms with Gasteiger partial charge in [0.2, 0.25) is 11.8 Å². The number of benzene rings is 3. The number of likely N-dealkylation sites (tertiary alicyclic amines) is 1. The van der Waals surface area contributed by atoms with Gasteiger partial charge in [0, 0.05) is 19.5 Å². The van der Waals surface area contributed by atoms with Crippen LogP contribution in [0.25, 0.3) is 21.8 Å². The van der Waals surface area contributed by atoms with Gasteiger partial charge in [-0.15, -0.1) is 0 Å². The Balaban J connectivity index is 1.20. The smallest absolute Gasteiger partial charge is 0.253 e. The number of aromatic amines is 2. The third-order valence-electron chi connectivity index (χ3n) is 6.30. The average molecular weight is 428 g/mol. The molecule has 2 heterocycles. The molecule has 0 radical (unpaired) electrons. The molecule has 0 spiro atoms. The van der Waals surface area contributed by atoms with E-state index in [4.69, 9.17) is 0 Å². The van der Waals surface area contributed by atoms with Crippen LogP contribution in [-0.4, -0.2) is 34.3 Å². The summed E-state index contributed by atoms with van der Waals surface area (Å²) in [7, 11) is 0. The van der Waals surface area contributed by atoms with Crippen molar-refractivity contribution in [1.82, 2.24) is 15.2 Å². The fourth-order valence-electron chi connectivity index (χ4n) is 4.64. The van der Waals surface area contributed by atoms with Crippen molar-refractivity contribution in [3.8, 4) is 0 Å². The van der Waals surface area contributed by atoms with Crippen molar-refractivity contribution in [2.45, 2.75) is 38.3 Å². The molecule has 4 aromatic rings. The SMILES string of the molecule is O=C(NCc1cccc2ccccc12)[C@@H]1CCCN1C(=O)CCc1[nH]c2ccccc2[nH+]1. The molecule has 0 saturated carbocycles. The van der Waals surface area contributed by atoms with Crippen LogP contribution in [0.4, 0.5) is 0 Å². The van der Waals surface area contributed by atoms with Gasteiger partial charge in [0.1, 0.15) is 6.04 Å². The standard InChI is InChI=1S/C26H26N4O2/c31-25(15-14-24-28-21-11-3-4-12-22(21)29-24)30-16-6-13-23(30)26(32)27-17-19-9-5-8-18-7-1-2-10-20(18)19/h1-5,7-12,23H,6,13-17H2,(H,27,32)(H,28,29)/p+1/t23-/m0/s1. The molecule has 2 amide bonds. The van der Waals surface area contributed by atoms with E-state index in [0.717, 1.165) is 39.6 Å². The third-order valence-corrected chi connectivity index (χ3v) is 6.30. The molecule has 0 unspecified atom stereocenters. The maximum atomic E-state index is 12.9. The molecule has 3 N–H and O–H groups in total. The van der Waals surface area contributed by atoms with Crippen LogP contribution < -0.4 is 10.3 Å². The number of carbonyl (C=O) groups excluding carboxylic acids is 2. The predicted octanol–water partition coefficient (Wildman–Crippen LogP) is 3.38. The van der Waals surface area contributed by atoms with E-state index in [1.54, 1.807) is 4.90 Å². The highest BCUT2D eigenvalue weighted by Gasteiger charge is 2.33. The van der Waals surface area contributed by atoms with E-state index in [0.29, 0.717) is 32.4 Å². The molecular weight excluding hydrogens is 400 g/mol. The molecule has 1 aliphatic rings. The number of rotatable bonds is 6. The second-order valence-corrected chi connectivity index (χ2v) is 8.38. The quantitative estimate of drug-likeness (QED) is 0.495. The molecule has 32 heavy (non-hydrogen) atoms. The lowest BCUT2D eigenvalue weighted by atomic mass is 10.0. The van der Waals surface area contributed by atoms with Crippen molar-refractivity contribution in [2.75, 3.05) is 6.54 Å². The first-order chi connectivity index (χ1) is 15.7. The van der Waals surface area contributed by atoms with Gasteiger partial charge < -0.3 is 10.2 Å². The van der Waals surface area contributed by atoms with E-state index in [1.165, 1.54) is 0 Å². The predicted molar refractivity (Wildman–Crippen MR) is 124 cm³/mol. The number of amides is 2. The second-order valence-electron chi connectivity index (χ2n) is 8.38. The largest absolute Gasteiger partial charge is 0.350 e. The van der Waals surface area contributed by atoms with Gasteiger partial charge in [0.15, 0.2) is 11.0 Å². The van der Waals surface area contributed by atoms with Gasteiger partial charge in [-0.3, -0.25) is 9.59 Å². The van der Waals surface area contributed by atoms with Crippen molar-refractivity contribution in [2.24, 2.45) is 0 Å². The van der Waals surface area contributed by atoms with E-state index in [2.05, 4.69) is 33.5 Å². The Kier molecular flexibility index (Phi) is 5.58. The molecule has 1 atom stereocenters. The summed E-state index contributed by atoms with van der Waals surface area (Å²) in [6, 6.07) is 21.9. The first-order valence-corrected chi connectivity index (χ1v) is 11.2. The zero-order chi connectivity index (χ0) is 21.9. The summed E-state index contributed by atoms with van der Waals surface area (Å²) in [5.41, 5.74) is 3.14. The number of carbonyl (C=O) groups is 2. The van der Waals surface area contributed by atoms with E-state index >= 15 is 0 Å². The molecule has 5 rings (SSSR count). The number of fused-ring (bicyclic) bond motifs is 2. The normalized spacial score (nSPS) is 16.0. The highest BCUT2D eigenvalue weighted by molar-refractivity contribution is 5.89. The Morgan fingerprint density at radius 2 is 1.84 bits per heavy atom. The second kappa shape index (κ2) is 8.83. The molecule has 1 fully saturated rings. The molecule has 162 valence electrons. The minimum Gasteiger partial charge on any atom is -0.350 e. The van der Waals surface area contributed by atoms with Gasteiger partial charge in [-0.2, -0.15) is 0 Å². The Hall–Kier alpha value is -3.67. The molecule has 6 nitrogen and oxygen atoms in total. The lowest BCUT2D eigenvalue weighted by Gasteiger charge is -2.24. The minimum absolute atomic E-state index is 0.0277. The summed E-state index contributed by atoms with van der Waals surface area (Å²) in [4.78, 5) is 34.3. The topological polar surface area (TPSA) is 79.3 Å². The molecular formula is C26H27N4O2+. The number of aryl methyl sites for hydroxylation is 1. The maximum absolute atomic E-state index is 12.9. The van der Waals surface area contributed by atoms with Crippen LogP contribution in [0.1, 0.15) is 30.7 Å². The monoisotopic (exact) mass is 427 g/mol. The van der Waals surface area contributed by atoms with Crippen molar-refractivity contribution >= 4 is 33.6 Å². The number of nitrogens with zero attached hydrogens (tertiary/aromatic N) is 1. The maximum Gasteiger partial charge on any atom is 0.253 e. The Labute approximate surface area is 186 Å². The van der Waals surface area contributed by atoms with Gasteiger partial charge in [-0.05, 0) is 41.3 Å². The van der Waals surface area contributed by atoms with Crippen molar-refractivity contribution in [3.05, 3.63) is 78.1 Å². The van der Waals surface area contributed by atoms with E-state index in [9.17, 15) is 9.59 Å². The van der Waals surface area contributed by atoms with Gasteiger partial charge in [0.25, 0.3) is 5.82 Å². The third kappa shape index (κ3) is 4.08. The fourth-order valence-corrected chi connectivity index (χ4v) is 4.64. The van der Waals surface area contributed by atoms with Crippen molar-refractivity contribution in [3.63, 3.8) is 0 Å². The molecule has 0 bridgehead atoms. The van der Waals surface area contributed by atoms with Crippen LogP contribution in [0.2, 0.25) is 0 Å². The van der Waals surface area contributed by atoms with Crippen LogP contribution in [0, 0.1) is 0 Å². The number of para-hydroxylation sites is 2. The fraction of sp³-hybridized carbons (Fsp3) is 0.269. The summed E-state index contributed by atoms with van der Waals surface area (Å²) in [5, 5.41) is 5.37. The summed E-state index contributed by atoms with van der Waals surface area (Å²) < 4.78 is 0. The lowest BCUT2D eigenvalue weighted by Crippen LogP contribution is -2.45. The lowest BCUT2D eigenvalue weighted by molar-refractivity contribution is -0.357. The highest BCUT2D eigenvalue weighted by Crippen LogP contribution is 2.21. The minimum atomic E-state index is -0.385. The molecule has 1 aliphatic heterocycles. The molecule has 6 heteroatoms. The van der Waals surface area contributed by atoms with Gasteiger partial charge in [0.05, 0.1) is 6.42 Å². The average Bonchev–Trinajstić information content (AvgIpc) is 3.48. The number of imidazole rings is 1. The highest BCUT2D eigenvalue weighted by atomic mass is 16.2. The number of hydrogen-bond donors (Lipinski definition) is 2. The molecule has 1 aromatic heterocycles. The summed E-state index contributed by atoms with van der Waals surface area (Å²) in [6.45, 7) is 1.10. The van der Waals surface area contributed by atoms with Gasteiger partial charge in [-0.1, -0.05) is 54.6 Å². The zero-order valence-electron chi connectivity index (χ0n) is 17.9. The van der Waals surface area contributed by atoms with Crippen molar-refractivity contribution in [1.29, 1.82) is 0 Å². The number of aromatic nitrogens is 2. The van der Waals surface area contributed by atoms with Crippen LogP contribution >= 0.6 is 0 Å². The van der Waals surface area contributed by atoms with Gasteiger partial charge in [-0.25, -0.2) is 9.97 Å². The Bertz CT molecular complexity index is 1240.